The first-order valence-electron chi connectivity index (χ1n) is 7.10. The third kappa shape index (κ3) is 5.97. The number of hydrogen-bond donors (Lipinski definition) is 1. The van der Waals surface area contributed by atoms with Gasteiger partial charge in [-0.2, -0.15) is 0 Å². The van der Waals surface area contributed by atoms with E-state index in [9.17, 15) is 13.2 Å². The molecule has 0 aromatic rings. The first-order chi connectivity index (χ1) is 9.38. The van der Waals surface area contributed by atoms with Gasteiger partial charge >= 0.3 is 5.97 Å². The van der Waals surface area contributed by atoms with Crippen LogP contribution in [-0.2, 0) is 19.6 Å². The topological polar surface area (TPSA) is 72.5 Å². The molecule has 5 nitrogen and oxygen atoms in total. The molecule has 1 aliphatic rings. The molecule has 118 valence electrons. The molecule has 0 bridgehead atoms. The number of hydrogen-bond acceptors (Lipinski definition) is 4. The average Bonchev–Trinajstić information content (AvgIpc) is 2.38. The molecule has 0 radical (unpaired) electrons. The van der Waals surface area contributed by atoms with Crippen molar-refractivity contribution in [3.8, 4) is 0 Å². The Hall–Kier alpha value is -0.330. The summed E-state index contributed by atoms with van der Waals surface area (Å²) in [6, 6.07) is -0.0757. The Morgan fingerprint density at radius 1 is 1.35 bits per heavy atom. The van der Waals surface area contributed by atoms with Crippen molar-refractivity contribution in [2.24, 2.45) is 11.8 Å². The van der Waals surface area contributed by atoms with E-state index in [2.05, 4.69) is 4.72 Å². The molecule has 1 fully saturated rings. The van der Waals surface area contributed by atoms with Gasteiger partial charge in [-0.15, -0.1) is 11.6 Å². The SMILES string of the molecule is CCOC(=O)C1CCC(NS(=O)(=O)CC(C)CCl)CC1. The van der Waals surface area contributed by atoms with E-state index in [1.807, 2.05) is 6.92 Å². The van der Waals surface area contributed by atoms with Crippen molar-refractivity contribution in [1.29, 1.82) is 0 Å². The first kappa shape index (κ1) is 17.7. The van der Waals surface area contributed by atoms with Gasteiger partial charge in [0.25, 0.3) is 0 Å². The molecule has 1 unspecified atom stereocenters. The third-order valence-corrected chi connectivity index (χ3v) is 5.69. The maximum absolute atomic E-state index is 11.9. The van der Waals surface area contributed by atoms with Gasteiger partial charge in [0.15, 0.2) is 0 Å². The highest BCUT2D eigenvalue weighted by molar-refractivity contribution is 7.89. The number of sulfonamides is 1. The summed E-state index contributed by atoms with van der Waals surface area (Å²) in [7, 11) is -3.29. The van der Waals surface area contributed by atoms with Gasteiger partial charge in [-0.25, -0.2) is 13.1 Å². The second kappa shape index (κ2) is 8.20. The fraction of sp³-hybridized carbons (Fsp3) is 0.923. The Balaban J connectivity index is 2.40. The summed E-state index contributed by atoms with van der Waals surface area (Å²) in [6.45, 7) is 3.99. The Morgan fingerprint density at radius 3 is 2.45 bits per heavy atom. The number of rotatable bonds is 7. The summed E-state index contributed by atoms with van der Waals surface area (Å²) >= 11 is 5.64. The minimum absolute atomic E-state index is 0.0499. The van der Waals surface area contributed by atoms with Crippen LogP contribution in [0.15, 0.2) is 0 Å². The van der Waals surface area contributed by atoms with Gasteiger partial charge in [0, 0.05) is 11.9 Å². The van der Waals surface area contributed by atoms with Crippen molar-refractivity contribution in [2.45, 2.75) is 45.6 Å². The zero-order valence-corrected chi connectivity index (χ0v) is 13.7. The first-order valence-corrected chi connectivity index (χ1v) is 9.29. The Morgan fingerprint density at radius 2 is 1.95 bits per heavy atom. The molecule has 0 aromatic heterocycles. The molecule has 0 aromatic carbocycles. The summed E-state index contributed by atoms with van der Waals surface area (Å²) in [4.78, 5) is 11.6. The Labute approximate surface area is 126 Å². The summed E-state index contributed by atoms with van der Waals surface area (Å²) in [5, 5.41) is 0. The Kier molecular flexibility index (Phi) is 7.26. The predicted octanol–water partition coefficient (Wildman–Crippen LogP) is 1.90. The number of esters is 1. The van der Waals surface area contributed by atoms with Crippen molar-refractivity contribution >= 4 is 27.6 Å². The number of alkyl halides is 1. The van der Waals surface area contributed by atoms with Crippen LogP contribution < -0.4 is 4.72 Å². The highest BCUT2D eigenvalue weighted by atomic mass is 35.5. The van der Waals surface area contributed by atoms with Crippen molar-refractivity contribution in [3.05, 3.63) is 0 Å². The van der Waals surface area contributed by atoms with E-state index < -0.39 is 10.0 Å². The van der Waals surface area contributed by atoms with Crippen LogP contribution in [0.25, 0.3) is 0 Å². The number of ether oxygens (including phenoxy) is 1. The van der Waals surface area contributed by atoms with Crippen molar-refractivity contribution in [3.63, 3.8) is 0 Å². The number of halogens is 1. The lowest BCUT2D eigenvalue weighted by molar-refractivity contribution is -0.149. The average molecular weight is 326 g/mol. The van der Waals surface area contributed by atoms with Crippen LogP contribution in [0.3, 0.4) is 0 Å². The van der Waals surface area contributed by atoms with E-state index in [-0.39, 0.29) is 29.6 Å². The largest absolute Gasteiger partial charge is 0.466 e. The molecular weight excluding hydrogens is 302 g/mol. The molecule has 7 heteroatoms. The lowest BCUT2D eigenvalue weighted by Crippen LogP contribution is -2.41. The molecule has 1 saturated carbocycles. The summed E-state index contributed by atoms with van der Waals surface area (Å²) in [6.07, 6.45) is 2.71. The monoisotopic (exact) mass is 325 g/mol. The van der Waals surface area contributed by atoms with Crippen molar-refractivity contribution < 1.29 is 17.9 Å². The van der Waals surface area contributed by atoms with Gasteiger partial charge in [-0.3, -0.25) is 4.79 Å². The Bertz CT molecular complexity index is 405. The van der Waals surface area contributed by atoms with Gasteiger partial charge in [0.1, 0.15) is 0 Å². The van der Waals surface area contributed by atoms with Crippen molar-refractivity contribution in [1.82, 2.24) is 4.72 Å². The van der Waals surface area contributed by atoms with Crippen LogP contribution >= 0.6 is 11.6 Å². The van der Waals surface area contributed by atoms with Crippen LogP contribution in [0.4, 0.5) is 0 Å². The van der Waals surface area contributed by atoms with Crippen LogP contribution in [0.1, 0.15) is 39.5 Å². The van der Waals surface area contributed by atoms with Gasteiger partial charge in [0.2, 0.25) is 10.0 Å². The maximum Gasteiger partial charge on any atom is 0.308 e. The second-order valence-corrected chi connectivity index (χ2v) is 7.57. The van der Waals surface area contributed by atoms with Crippen LogP contribution in [0.2, 0.25) is 0 Å². The third-order valence-electron chi connectivity index (χ3n) is 3.46. The summed E-state index contributed by atoms with van der Waals surface area (Å²) in [5.41, 5.74) is 0. The molecule has 0 amide bonds. The fourth-order valence-electron chi connectivity index (χ4n) is 2.43. The van der Waals surface area contributed by atoms with Gasteiger partial charge in [-0.1, -0.05) is 6.92 Å². The molecule has 1 N–H and O–H groups in total. The maximum atomic E-state index is 11.9. The second-order valence-electron chi connectivity index (χ2n) is 5.46. The lowest BCUT2D eigenvalue weighted by Gasteiger charge is -2.27. The molecule has 1 rings (SSSR count). The number of carbonyl (C=O) groups excluding carboxylic acids is 1. The van der Waals surface area contributed by atoms with Crippen LogP contribution in [-0.4, -0.2) is 38.7 Å². The van der Waals surface area contributed by atoms with E-state index in [1.165, 1.54) is 0 Å². The van der Waals surface area contributed by atoms with Crippen molar-refractivity contribution in [2.75, 3.05) is 18.2 Å². The molecule has 0 aliphatic heterocycles. The van der Waals surface area contributed by atoms with Gasteiger partial charge < -0.3 is 4.74 Å². The molecule has 1 atom stereocenters. The van der Waals surface area contributed by atoms with Gasteiger partial charge in [0.05, 0.1) is 18.3 Å². The highest BCUT2D eigenvalue weighted by Gasteiger charge is 2.29. The van der Waals surface area contributed by atoms with E-state index in [1.54, 1.807) is 6.92 Å². The fourth-order valence-corrected chi connectivity index (χ4v) is 4.37. The molecule has 1 aliphatic carbocycles. The smallest absolute Gasteiger partial charge is 0.308 e. The van der Waals surface area contributed by atoms with Gasteiger partial charge in [-0.05, 0) is 38.5 Å². The number of nitrogens with one attached hydrogen (secondary N) is 1. The molecule has 0 saturated heterocycles. The molecule has 0 heterocycles. The zero-order valence-electron chi connectivity index (χ0n) is 12.1. The molecule has 0 spiro atoms. The van der Waals surface area contributed by atoms with E-state index >= 15 is 0 Å². The quantitative estimate of drug-likeness (QED) is 0.573. The van der Waals surface area contributed by atoms with E-state index in [0.29, 0.717) is 38.2 Å². The number of carbonyl (C=O) groups is 1. The summed E-state index contributed by atoms with van der Waals surface area (Å²) in [5.74, 6) is 0.0669. The molecular formula is C13H24ClNO4S. The summed E-state index contributed by atoms with van der Waals surface area (Å²) < 4.78 is 31.6. The van der Waals surface area contributed by atoms with Crippen LogP contribution in [0, 0.1) is 11.8 Å². The van der Waals surface area contributed by atoms with E-state index in [4.69, 9.17) is 16.3 Å². The predicted molar refractivity (Wildman–Crippen MR) is 79.2 cm³/mol. The minimum Gasteiger partial charge on any atom is -0.466 e. The highest BCUT2D eigenvalue weighted by Crippen LogP contribution is 2.26. The molecule has 20 heavy (non-hydrogen) atoms. The zero-order chi connectivity index (χ0) is 15.2. The minimum atomic E-state index is -3.29. The van der Waals surface area contributed by atoms with E-state index in [0.717, 1.165) is 0 Å². The lowest BCUT2D eigenvalue weighted by atomic mass is 9.86. The van der Waals surface area contributed by atoms with Crippen LogP contribution in [0.5, 0.6) is 0 Å². The normalized spacial score (nSPS) is 25.1. The standard InChI is InChI=1S/C13H24ClNO4S/c1-3-19-13(16)11-4-6-12(7-5-11)15-20(17,18)9-10(2)8-14/h10-12,15H,3-9H2,1-2H3.